The fraction of sp³-hybridized carbons (Fsp3) is 0.556. The Morgan fingerprint density at radius 3 is 2.69 bits per heavy atom. The van der Waals surface area contributed by atoms with Gasteiger partial charge in [0.2, 0.25) is 5.95 Å². The summed E-state index contributed by atoms with van der Waals surface area (Å²) in [6.45, 7) is 7.02. The highest BCUT2D eigenvalue weighted by Crippen LogP contribution is 2.24. The van der Waals surface area contributed by atoms with E-state index in [1.54, 1.807) is 0 Å². The maximum absolute atomic E-state index is 5.42. The number of aromatic nitrogens is 4. The van der Waals surface area contributed by atoms with Gasteiger partial charge in [0.15, 0.2) is 5.82 Å². The minimum absolute atomic E-state index is 0.394. The van der Waals surface area contributed by atoms with Crippen molar-refractivity contribution in [1.82, 2.24) is 20.2 Å². The first-order valence-corrected chi connectivity index (χ1v) is 9.14. The van der Waals surface area contributed by atoms with Gasteiger partial charge in [0.1, 0.15) is 5.82 Å². The zero-order valence-corrected chi connectivity index (χ0v) is 15.4. The molecule has 4 heterocycles. The van der Waals surface area contributed by atoms with Crippen molar-refractivity contribution >= 4 is 17.6 Å². The number of ether oxygens (including phenoxy) is 1. The van der Waals surface area contributed by atoms with E-state index < -0.39 is 0 Å². The number of hydrogen-bond donors (Lipinski definition) is 0. The molecule has 8 heteroatoms. The Morgan fingerprint density at radius 1 is 1.08 bits per heavy atom. The van der Waals surface area contributed by atoms with E-state index >= 15 is 0 Å². The van der Waals surface area contributed by atoms with Crippen molar-refractivity contribution in [2.75, 3.05) is 61.1 Å². The van der Waals surface area contributed by atoms with Crippen LogP contribution in [0.1, 0.15) is 12.1 Å². The molecule has 2 saturated heterocycles. The van der Waals surface area contributed by atoms with E-state index in [1.807, 2.05) is 31.3 Å². The molecule has 1 unspecified atom stereocenters. The van der Waals surface area contributed by atoms with Crippen molar-refractivity contribution in [2.45, 2.75) is 19.4 Å². The lowest BCUT2D eigenvalue weighted by Gasteiger charge is -2.29. The lowest BCUT2D eigenvalue weighted by molar-refractivity contribution is 0.122. The van der Waals surface area contributed by atoms with E-state index in [2.05, 4.69) is 36.9 Å². The molecule has 4 rings (SSSR count). The zero-order chi connectivity index (χ0) is 17.9. The lowest BCUT2D eigenvalue weighted by atomic mass is 10.2. The molecule has 0 amide bonds. The minimum Gasteiger partial charge on any atom is -0.378 e. The highest BCUT2D eigenvalue weighted by molar-refractivity contribution is 5.47. The van der Waals surface area contributed by atoms with Crippen LogP contribution in [0.5, 0.6) is 0 Å². The number of likely N-dealkylation sites (N-methyl/N-ethyl adjacent to an activating group) is 1. The highest BCUT2D eigenvalue weighted by Gasteiger charge is 2.28. The third kappa shape index (κ3) is 3.55. The Hall–Kier alpha value is -2.48. The molecular weight excluding hydrogens is 330 g/mol. The Morgan fingerprint density at radius 2 is 1.92 bits per heavy atom. The standard InChI is InChI=1S/C18H25N7O/c1-14-3-4-17(22-21-14)25-8-6-15(13-25)23(2)16-5-7-19-18(20-16)24-9-11-26-12-10-24/h3-5,7,15H,6,8-13H2,1-2H3. The largest absolute Gasteiger partial charge is 0.378 e. The number of hydrogen-bond acceptors (Lipinski definition) is 8. The summed E-state index contributed by atoms with van der Waals surface area (Å²) in [7, 11) is 2.11. The van der Waals surface area contributed by atoms with Crippen LogP contribution < -0.4 is 14.7 Å². The summed E-state index contributed by atoms with van der Waals surface area (Å²) in [5, 5.41) is 8.49. The molecule has 8 nitrogen and oxygen atoms in total. The molecule has 2 aromatic rings. The van der Waals surface area contributed by atoms with E-state index in [0.717, 1.165) is 69.1 Å². The van der Waals surface area contributed by atoms with Gasteiger partial charge in [-0.05, 0) is 31.5 Å². The molecule has 0 aromatic carbocycles. The van der Waals surface area contributed by atoms with E-state index in [9.17, 15) is 0 Å². The Kier molecular flexibility index (Phi) is 4.83. The summed E-state index contributed by atoms with van der Waals surface area (Å²) in [6.07, 6.45) is 2.92. The van der Waals surface area contributed by atoms with Crippen molar-refractivity contribution in [3.63, 3.8) is 0 Å². The predicted octanol–water partition coefficient (Wildman–Crippen LogP) is 1.13. The van der Waals surface area contributed by atoms with Crippen molar-refractivity contribution in [3.8, 4) is 0 Å². The van der Waals surface area contributed by atoms with E-state index in [0.29, 0.717) is 6.04 Å². The fourth-order valence-electron chi connectivity index (χ4n) is 3.46. The quantitative estimate of drug-likeness (QED) is 0.808. The molecule has 1 atom stereocenters. The van der Waals surface area contributed by atoms with Crippen LogP contribution in [0, 0.1) is 6.92 Å². The first kappa shape index (κ1) is 17.0. The summed E-state index contributed by atoms with van der Waals surface area (Å²) in [6, 6.07) is 6.44. The maximum atomic E-state index is 5.42. The normalized spacial score (nSPS) is 20.5. The number of morpholine rings is 1. The van der Waals surface area contributed by atoms with Crippen LogP contribution in [0.2, 0.25) is 0 Å². The topological polar surface area (TPSA) is 70.5 Å². The first-order chi connectivity index (χ1) is 12.7. The average molecular weight is 355 g/mol. The van der Waals surface area contributed by atoms with Gasteiger partial charge in [0.05, 0.1) is 18.9 Å². The summed E-state index contributed by atoms with van der Waals surface area (Å²) < 4.78 is 5.42. The maximum Gasteiger partial charge on any atom is 0.227 e. The number of aryl methyl sites for hydroxylation is 1. The molecule has 2 aliphatic rings. The number of nitrogens with zero attached hydrogens (tertiary/aromatic N) is 7. The molecule has 0 spiro atoms. The molecule has 2 fully saturated rings. The Balaban J connectivity index is 1.44. The zero-order valence-electron chi connectivity index (χ0n) is 15.4. The molecule has 0 aliphatic carbocycles. The van der Waals surface area contributed by atoms with Crippen LogP contribution in [0.15, 0.2) is 24.4 Å². The second-order valence-electron chi connectivity index (χ2n) is 6.85. The molecule has 0 N–H and O–H groups in total. The summed E-state index contributed by atoms with van der Waals surface area (Å²) in [5.41, 5.74) is 0.943. The van der Waals surface area contributed by atoms with Crippen molar-refractivity contribution < 1.29 is 4.74 Å². The van der Waals surface area contributed by atoms with Gasteiger partial charge < -0.3 is 19.4 Å². The minimum atomic E-state index is 0.394. The Labute approximate surface area is 153 Å². The van der Waals surface area contributed by atoms with E-state index in [4.69, 9.17) is 9.72 Å². The van der Waals surface area contributed by atoms with Gasteiger partial charge in [-0.2, -0.15) is 10.1 Å². The predicted molar refractivity (Wildman–Crippen MR) is 101 cm³/mol. The van der Waals surface area contributed by atoms with Crippen LogP contribution in [-0.2, 0) is 4.74 Å². The van der Waals surface area contributed by atoms with Crippen LogP contribution in [0.4, 0.5) is 17.6 Å². The second-order valence-corrected chi connectivity index (χ2v) is 6.85. The first-order valence-electron chi connectivity index (χ1n) is 9.14. The molecule has 26 heavy (non-hydrogen) atoms. The number of rotatable bonds is 4. The lowest BCUT2D eigenvalue weighted by Crippen LogP contribution is -2.38. The van der Waals surface area contributed by atoms with Gasteiger partial charge in [-0.1, -0.05) is 0 Å². The van der Waals surface area contributed by atoms with Crippen LogP contribution in [0.3, 0.4) is 0 Å². The molecule has 0 saturated carbocycles. The Bertz CT molecular complexity index is 733. The number of anilines is 3. The van der Waals surface area contributed by atoms with Crippen molar-refractivity contribution in [1.29, 1.82) is 0 Å². The molecular formula is C18H25N7O. The summed E-state index contributed by atoms with van der Waals surface area (Å²) in [4.78, 5) is 16.0. The molecule has 0 bridgehead atoms. The van der Waals surface area contributed by atoms with Gasteiger partial charge in [-0.25, -0.2) is 4.98 Å². The van der Waals surface area contributed by atoms with E-state index in [-0.39, 0.29) is 0 Å². The van der Waals surface area contributed by atoms with Gasteiger partial charge >= 0.3 is 0 Å². The SMILES string of the molecule is Cc1ccc(N2CCC(N(C)c3ccnc(N4CCOCC4)n3)C2)nn1. The molecule has 138 valence electrons. The van der Waals surface area contributed by atoms with Gasteiger partial charge in [0, 0.05) is 45.5 Å². The highest BCUT2D eigenvalue weighted by atomic mass is 16.5. The van der Waals surface area contributed by atoms with Crippen LogP contribution >= 0.6 is 0 Å². The fourth-order valence-corrected chi connectivity index (χ4v) is 3.46. The van der Waals surface area contributed by atoms with Gasteiger partial charge in [-0.15, -0.1) is 5.10 Å². The second kappa shape index (κ2) is 7.41. The van der Waals surface area contributed by atoms with Crippen molar-refractivity contribution in [2.24, 2.45) is 0 Å². The molecule has 2 aliphatic heterocycles. The average Bonchev–Trinajstić information content (AvgIpc) is 3.19. The smallest absolute Gasteiger partial charge is 0.227 e. The molecule has 2 aromatic heterocycles. The van der Waals surface area contributed by atoms with E-state index in [1.165, 1.54) is 0 Å². The van der Waals surface area contributed by atoms with Gasteiger partial charge in [0.25, 0.3) is 0 Å². The summed E-state index contributed by atoms with van der Waals surface area (Å²) >= 11 is 0. The third-order valence-electron chi connectivity index (χ3n) is 5.10. The monoisotopic (exact) mass is 355 g/mol. The van der Waals surface area contributed by atoms with Crippen molar-refractivity contribution in [3.05, 3.63) is 30.1 Å². The van der Waals surface area contributed by atoms with Crippen LogP contribution in [0.25, 0.3) is 0 Å². The van der Waals surface area contributed by atoms with Crippen LogP contribution in [-0.4, -0.2) is 72.6 Å². The third-order valence-corrected chi connectivity index (χ3v) is 5.10. The molecule has 0 radical (unpaired) electrons. The van der Waals surface area contributed by atoms with Gasteiger partial charge in [-0.3, -0.25) is 0 Å². The summed E-state index contributed by atoms with van der Waals surface area (Å²) in [5.74, 6) is 2.70.